The summed E-state index contributed by atoms with van der Waals surface area (Å²) in [5.41, 5.74) is 4.81. The second-order valence-corrected chi connectivity index (χ2v) is 6.66. The number of rotatable bonds is 7. The third-order valence-electron chi connectivity index (χ3n) is 3.81. The third-order valence-corrected chi connectivity index (χ3v) is 4.43. The van der Waals surface area contributed by atoms with Crippen molar-refractivity contribution < 1.29 is 13.3 Å². The van der Waals surface area contributed by atoms with Crippen molar-refractivity contribution in [3.8, 4) is 11.3 Å². The number of aromatic nitrogens is 2. The van der Waals surface area contributed by atoms with Gasteiger partial charge in [0.1, 0.15) is 17.3 Å². The van der Waals surface area contributed by atoms with Crippen LogP contribution in [0.2, 0.25) is 0 Å². The van der Waals surface area contributed by atoms with Gasteiger partial charge in [-0.1, -0.05) is 54.6 Å². The molecule has 0 unspecified atom stereocenters. The summed E-state index contributed by atoms with van der Waals surface area (Å²) < 4.78 is 21.7. The normalized spacial score (nSPS) is 11.0. The highest BCUT2D eigenvalue weighted by Crippen LogP contribution is 2.25. The van der Waals surface area contributed by atoms with Gasteiger partial charge in [0.15, 0.2) is 0 Å². The molecule has 0 aliphatic rings. The van der Waals surface area contributed by atoms with Crippen LogP contribution >= 0.6 is 0 Å². The highest BCUT2D eigenvalue weighted by molar-refractivity contribution is 7.71. The van der Waals surface area contributed by atoms with E-state index >= 15 is 0 Å². The molecule has 2 aromatic carbocycles. The van der Waals surface area contributed by atoms with Crippen LogP contribution in [0.15, 0.2) is 60.8 Å². The Morgan fingerprint density at radius 3 is 2.36 bits per heavy atom. The van der Waals surface area contributed by atoms with Crippen molar-refractivity contribution in [2.24, 2.45) is 0 Å². The van der Waals surface area contributed by atoms with Crippen LogP contribution in [0.3, 0.4) is 0 Å². The van der Waals surface area contributed by atoms with E-state index < -0.39 is 10.7 Å². The van der Waals surface area contributed by atoms with Crippen molar-refractivity contribution in [2.45, 2.75) is 19.1 Å². The SMILES string of the molecule is CCOn1cc(Cc2ccccc2)c(-c2ccc(C[SH](=O)=O)cc2)n1. The zero-order chi connectivity index (χ0) is 17.6. The summed E-state index contributed by atoms with van der Waals surface area (Å²) in [6.07, 6.45) is 2.64. The lowest BCUT2D eigenvalue weighted by Crippen LogP contribution is -2.10. The van der Waals surface area contributed by atoms with Gasteiger partial charge in [-0.05, 0) is 18.1 Å². The molecule has 0 saturated carbocycles. The van der Waals surface area contributed by atoms with Gasteiger partial charge in [0, 0.05) is 17.5 Å². The summed E-state index contributed by atoms with van der Waals surface area (Å²) in [6, 6.07) is 17.6. The fourth-order valence-corrected chi connectivity index (χ4v) is 3.20. The Morgan fingerprint density at radius 2 is 1.72 bits per heavy atom. The molecule has 0 atom stereocenters. The molecule has 3 aromatic rings. The molecule has 1 heterocycles. The van der Waals surface area contributed by atoms with Crippen LogP contribution in [0.1, 0.15) is 23.6 Å². The van der Waals surface area contributed by atoms with Crippen LogP contribution in [0.4, 0.5) is 0 Å². The fourth-order valence-electron chi connectivity index (χ4n) is 2.69. The number of thiol groups is 1. The van der Waals surface area contributed by atoms with Crippen LogP contribution < -0.4 is 4.84 Å². The Labute approximate surface area is 148 Å². The molecule has 0 aliphatic carbocycles. The highest BCUT2D eigenvalue weighted by Gasteiger charge is 2.13. The lowest BCUT2D eigenvalue weighted by molar-refractivity contribution is 0.0931. The van der Waals surface area contributed by atoms with E-state index in [0.717, 1.165) is 28.8 Å². The van der Waals surface area contributed by atoms with E-state index in [4.69, 9.17) is 4.84 Å². The van der Waals surface area contributed by atoms with E-state index in [1.807, 2.05) is 55.6 Å². The monoisotopic (exact) mass is 356 g/mol. The van der Waals surface area contributed by atoms with Crippen LogP contribution in [-0.2, 0) is 22.9 Å². The largest absolute Gasteiger partial charge is 0.397 e. The predicted molar refractivity (Wildman–Crippen MR) is 98.1 cm³/mol. The highest BCUT2D eigenvalue weighted by atomic mass is 32.2. The van der Waals surface area contributed by atoms with E-state index in [2.05, 4.69) is 17.2 Å². The second kappa shape index (κ2) is 7.98. The van der Waals surface area contributed by atoms with Crippen molar-refractivity contribution in [1.82, 2.24) is 9.94 Å². The average Bonchev–Trinajstić information content (AvgIpc) is 2.99. The molecule has 0 amide bonds. The van der Waals surface area contributed by atoms with Gasteiger partial charge in [-0.3, -0.25) is 0 Å². The quantitative estimate of drug-likeness (QED) is 0.661. The van der Waals surface area contributed by atoms with Gasteiger partial charge in [-0.2, -0.15) is 0 Å². The van der Waals surface area contributed by atoms with Gasteiger partial charge in [0.2, 0.25) is 0 Å². The summed E-state index contributed by atoms with van der Waals surface area (Å²) in [7, 11) is -2.42. The maximum absolute atomic E-state index is 10.9. The number of hydrogen-bond donors (Lipinski definition) is 1. The average molecular weight is 356 g/mol. The molecule has 0 aliphatic heterocycles. The molecule has 0 bridgehead atoms. The standard InChI is InChI=1S/C19H20N2O3S/c1-2-24-21-13-18(12-15-6-4-3-5-7-15)19(20-21)17-10-8-16(9-11-17)14-25(22)23/h3-11,13,25H,2,12,14H2,1H3. The summed E-state index contributed by atoms with van der Waals surface area (Å²) >= 11 is 0. The molecular weight excluding hydrogens is 336 g/mol. The number of hydrogen-bond acceptors (Lipinski definition) is 4. The first-order valence-corrected chi connectivity index (χ1v) is 9.49. The smallest absolute Gasteiger partial charge is 0.144 e. The lowest BCUT2D eigenvalue weighted by Gasteiger charge is -2.04. The number of nitrogens with zero attached hydrogens (tertiary/aromatic N) is 2. The minimum atomic E-state index is -2.42. The molecule has 0 spiro atoms. The molecular formula is C19H20N2O3S. The Kier molecular flexibility index (Phi) is 5.50. The summed E-state index contributed by atoms with van der Waals surface area (Å²) in [6.45, 7) is 2.44. The Bertz CT molecular complexity index is 892. The molecule has 0 N–H and O–H groups in total. The molecule has 0 saturated heterocycles. The second-order valence-electron chi connectivity index (χ2n) is 5.67. The van der Waals surface area contributed by atoms with Crippen molar-refractivity contribution in [1.29, 1.82) is 0 Å². The van der Waals surface area contributed by atoms with Crippen molar-refractivity contribution in [3.05, 3.63) is 77.5 Å². The van der Waals surface area contributed by atoms with Crippen molar-refractivity contribution >= 4 is 10.7 Å². The Hall–Kier alpha value is -2.60. The van der Waals surface area contributed by atoms with E-state index in [0.29, 0.717) is 6.61 Å². The van der Waals surface area contributed by atoms with Gasteiger partial charge in [-0.15, -0.1) is 9.94 Å². The molecule has 0 radical (unpaired) electrons. The predicted octanol–water partition coefficient (Wildman–Crippen LogP) is 2.70. The molecule has 0 fully saturated rings. The van der Waals surface area contributed by atoms with E-state index in [9.17, 15) is 8.42 Å². The van der Waals surface area contributed by atoms with Gasteiger partial charge in [0.05, 0.1) is 17.6 Å². The first-order valence-electron chi connectivity index (χ1n) is 8.12. The summed E-state index contributed by atoms with van der Waals surface area (Å²) in [5.74, 6) is 0.0554. The maximum atomic E-state index is 10.9. The lowest BCUT2D eigenvalue weighted by atomic mass is 10.0. The minimum Gasteiger partial charge on any atom is -0.397 e. The van der Waals surface area contributed by atoms with Crippen LogP contribution in [0, 0.1) is 0 Å². The van der Waals surface area contributed by atoms with Crippen LogP contribution in [-0.4, -0.2) is 25.0 Å². The molecule has 1 aromatic heterocycles. The number of benzene rings is 2. The molecule has 5 nitrogen and oxygen atoms in total. The van der Waals surface area contributed by atoms with Crippen molar-refractivity contribution in [3.63, 3.8) is 0 Å². The van der Waals surface area contributed by atoms with E-state index in [1.54, 1.807) is 0 Å². The topological polar surface area (TPSA) is 61.2 Å². The zero-order valence-corrected chi connectivity index (χ0v) is 14.9. The molecule has 130 valence electrons. The summed E-state index contributed by atoms with van der Waals surface area (Å²) in [4.78, 5) is 6.98. The van der Waals surface area contributed by atoms with Gasteiger partial charge < -0.3 is 4.84 Å². The van der Waals surface area contributed by atoms with Crippen molar-refractivity contribution in [2.75, 3.05) is 6.61 Å². The van der Waals surface area contributed by atoms with Gasteiger partial charge in [0.25, 0.3) is 0 Å². The fraction of sp³-hybridized carbons (Fsp3) is 0.211. The molecule has 3 rings (SSSR count). The Balaban J connectivity index is 1.93. The Morgan fingerprint density at radius 1 is 1.00 bits per heavy atom. The van der Waals surface area contributed by atoms with Crippen LogP contribution in [0.5, 0.6) is 0 Å². The first kappa shape index (κ1) is 17.2. The van der Waals surface area contributed by atoms with Gasteiger partial charge in [-0.25, -0.2) is 8.42 Å². The zero-order valence-electron chi connectivity index (χ0n) is 14.0. The van der Waals surface area contributed by atoms with Gasteiger partial charge >= 0.3 is 0 Å². The molecule has 25 heavy (non-hydrogen) atoms. The van der Waals surface area contributed by atoms with E-state index in [1.165, 1.54) is 10.4 Å². The van der Waals surface area contributed by atoms with Crippen LogP contribution in [0.25, 0.3) is 11.3 Å². The van der Waals surface area contributed by atoms with E-state index in [-0.39, 0.29) is 5.75 Å². The first-order chi connectivity index (χ1) is 12.2. The minimum absolute atomic E-state index is 0.0554. The maximum Gasteiger partial charge on any atom is 0.144 e. The molecule has 6 heteroatoms. The summed E-state index contributed by atoms with van der Waals surface area (Å²) in [5, 5.41) is 4.53. The third kappa shape index (κ3) is 4.48.